The first-order valence-electron chi connectivity index (χ1n) is 14.2. The molecule has 0 saturated carbocycles. The number of aromatic nitrogens is 1. The van der Waals surface area contributed by atoms with Crippen molar-refractivity contribution in [1.82, 2.24) is 4.57 Å². The number of aryl methyl sites for hydroxylation is 1. The zero-order chi connectivity index (χ0) is 29.6. The van der Waals surface area contributed by atoms with Gasteiger partial charge in [-0.1, -0.05) is 37.4 Å². The van der Waals surface area contributed by atoms with Gasteiger partial charge < -0.3 is 14.5 Å². The van der Waals surface area contributed by atoms with Gasteiger partial charge in [-0.2, -0.15) is 0 Å². The van der Waals surface area contributed by atoms with Gasteiger partial charge in [0.05, 0.1) is 0 Å². The predicted octanol–water partition coefficient (Wildman–Crippen LogP) is 8.31. The lowest BCUT2D eigenvalue weighted by Gasteiger charge is -2.06. The van der Waals surface area contributed by atoms with E-state index in [0.29, 0.717) is 40.3 Å². The molecule has 1 N–H and O–H groups in total. The molecule has 5 aromatic rings. The van der Waals surface area contributed by atoms with Crippen LogP contribution in [0.25, 0.3) is 21.8 Å². The average molecular weight is 581 g/mol. The molecule has 214 valence electrons. The topological polar surface area (TPSA) is 98.0 Å². The second kappa shape index (κ2) is 13.0. The van der Waals surface area contributed by atoms with Crippen molar-refractivity contribution in [1.29, 1.82) is 0 Å². The number of esters is 1. The van der Waals surface area contributed by atoms with Crippen LogP contribution in [0.3, 0.4) is 0 Å². The Balaban J connectivity index is 1.43. The summed E-state index contributed by atoms with van der Waals surface area (Å²) in [5, 5.41) is 16.4. The molecule has 5 rings (SSSR count). The van der Waals surface area contributed by atoms with E-state index in [1.807, 2.05) is 29.6 Å². The van der Waals surface area contributed by atoms with Crippen LogP contribution in [-0.4, -0.2) is 33.0 Å². The van der Waals surface area contributed by atoms with Gasteiger partial charge in [0.25, 0.3) is 0 Å². The van der Waals surface area contributed by atoms with Crippen molar-refractivity contribution < 1.29 is 24.3 Å². The Labute approximate surface area is 248 Å². The van der Waals surface area contributed by atoms with Crippen LogP contribution in [0.4, 0.5) is 0 Å². The van der Waals surface area contributed by atoms with E-state index in [9.17, 15) is 19.6 Å². The number of hydrogen-bond donors (Lipinski definition) is 1. The molecular formula is C34H32N2O5S. The molecule has 0 bridgehead atoms. The van der Waals surface area contributed by atoms with Crippen LogP contribution in [0.5, 0.6) is 5.75 Å². The van der Waals surface area contributed by atoms with Crippen molar-refractivity contribution in [3.8, 4) is 5.75 Å². The van der Waals surface area contributed by atoms with Gasteiger partial charge in [-0.3, -0.25) is 9.59 Å². The average Bonchev–Trinajstić information content (AvgIpc) is 3.67. The lowest BCUT2D eigenvalue weighted by Crippen LogP contribution is -2.14. The van der Waals surface area contributed by atoms with Crippen molar-refractivity contribution in [2.45, 2.75) is 52.5 Å². The Hall–Kier alpha value is -4.56. The third-order valence-corrected chi connectivity index (χ3v) is 8.25. The highest BCUT2D eigenvalue weighted by molar-refractivity contribution is 7.12. The smallest absolute Gasteiger partial charge is 0.353 e. The highest BCUT2D eigenvalue weighted by atomic mass is 32.1. The highest BCUT2D eigenvalue weighted by Crippen LogP contribution is 2.32. The van der Waals surface area contributed by atoms with Crippen molar-refractivity contribution >= 4 is 56.4 Å². The summed E-state index contributed by atoms with van der Waals surface area (Å²) in [6.45, 7) is 4.89. The third kappa shape index (κ3) is 5.90. The predicted molar refractivity (Wildman–Crippen MR) is 167 cm³/mol. The normalized spacial score (nSPS) is 11.7. The summed E-state index contributed by atoms with van der Waals surface area (Å²) in [5.41, 5.74) is 3.49. The van der Waals surface area contributed by atoms with Crippen molar-refractivity contribution in [3.63, 3.8) is 0 Å². The Morgan fingerprint density at radius 3 is 2.12 bits per heavy atom. The molecule has 0 amide bonds. The number of benzene rings is 3. The van der Waals surface area contributed by atoms with E-state index in [1.165, 1.54) is 11.3 Å². The minimum Gasteiger partial charge on any atom is -0.422 e. The fourth-order valence-electron chi connectivity index (χ4n) is 5.22. The van der Waals surface area contributed by atoms with Crippen LogP contribution in [0, 0.1) is 0 Å². The molecule has 2 aromatic heterocycles. The summed E-state index contributed by atoms with van der Waals surface area (Å²) < 4.78 is 7.56. The van der Waals surface area contributed by atoms with E-state index in [-0.39, 0.29) is 17.3 Å². The molecule has 8 heteroatoms. The van der Waals surface area contributed by atoms with Crippen LogP contribution in [-0.2, 0) is 6.54 Å². The molecule has 0 radical (unpaired) electrons. The van der Waals surface area contributed by atoms with Gasteiger partial charge in [-0.25, -0.2) is 4.79 Å². The first kappa shape index (κ1) is 29.0. The first-order chi connectivity index (χ1) is 20.4. The molecule has 0 spiro atoms. The van der Waals surface area contributed by atoms with E-state index in [2.05, 4.69) is 23.6 Å². The number of nitrogens with zero attached hydrogens (tertiary/aromatic N) is 2. The number of thiophene rings is 1. The number of Topliss-reactive ketones (excluding diaryl/α,β-unsaturated/α-hetero) is 1. The fraction of sp³-hybridized carbons (Fsp3) is 0.235. The van der Waals surface area contributed by atoms with Gasteiger partial charge >= 0.3 is 5.97 Å². The van der Waals surface area contributed by atoms with E-state index < -0.39 is 5.97 Å². The first-order valence-corrected chi connectivity index (χ1v) is 15.0. The Morgan fingerprint density at radius 2 is 1.50 bits per heavy atom. The summed E-state index contributed by atoms with van der Waals surface area (Å²) in [6, 6.07) is 21.1. The van der Waals surface area contributed by atoms with Gasteiger partial charge in [0.2, 0.25) is 5.78 Å². The highest BCUT2D eigenvalue weighted by Gasteiger charge is 2.19. The molecule has 42 heavy (non-hydrogen) atoms. The SMILES string of the molecule is CCCCCC/C(=N\O)C(=O)c1ccc2c(c1)c1cc(C(=O)c3ccc(OC(=O)c4cccs4)cc3)ccc1n2CC. The molecule has 0 aliphatic heterocycles. The van der Waals surface area contributed by atoms with Crippen molar-refractivity contribution in [2.24, 2.45) is 5.16 Å². The largest absolute Gasteiger partial charge is 0.422 e. The van der Waals surface area contributed by atoms with Crippen LogP contribution in [0.2, 0.25) is 0 Å². The molecule has 0 atom stereocenters. The lowest BCUT2D eigenvalue weighted by molar-refractivity contribution is 0.0739. The second-order valence-electron chi connectivity index (χ2n) is 10.1. The summed E-state index contributed by atoms with van der Waals surface area (Å²) >= 11 is 1.30. The molecule has 7 nitrogen and oxygen atoms in total. The number of fused-ring (bicyclic) bond motifs is 3. The molecule has 3 aromatic carbocycles. The summed E-state index contributed by atoms with van der Waals surface area (Å²) in [6.07, 6.45) is 4.35. The number of hydrogen-bond acceptors (Lipinski definition) is 7. The maximum absolute atomic E-state index is 13.5. The molecular weight excluding hydrogens is 548 g/mol. The van der Waals surface area contributed by atoms with Crippen LogP contribution in [0.15, 0.2) is 83.3 Å². The maximum atomic E-state index is 13.5. The number of unbranched alkanes of at least 4 members (excludes halogenated alkanes) is 3. The van der Waals surface area contributed by atoms with Gasteiger partial charge in [0.1, 0.15) is 16.3 Å². The fourth-order valence-corrected chi connectivity index (χ4v) is 5.81. The minimum atomic E-state index is -0.437. The Morgan fingerprint density at radius 1 is 0.833 bits per heavy atom. The summed E-state index contributed by atoms with van der Waals surface area (Å²) in [7, 11) is 0. The zero-order valence-electron chi connectivity index (χ0n) is 23.6. The maximum Gasteiger partial charge on any atom is 0.353 e. The quantitative estimate of drug-likeness (QED) is 0.0304. The summed E-state index contributed by atoms with van der Waals surface area (Å²) in [5.74, 6) is -0.534. The van der Waals surface area contributed by atoms with E-state index in [1.54, 1.807) is 48.5 Å². The van der Waals surface area contributed by atoms with E-state index >= 15 is 0 Å². The van der Waals surface area contributed by atoms with E-state index in [0.717, 1.165) is 47.5 Å². The number of carbonyl (C=O) groups is 3. The number of oxime groups is 1. The van der Waals surface area contributed by atoms with Crippen molar-refractivity contribution in [2.75, 3.05) is 0 Å². The summed E-state index contributed by atoms with van der Waals surface area (Å²) in [4.78, 5) is 39.4. The lowest BCUT2D eigenvalue weighted by atomic mass is 9.98. The van der Waals surface area contributed by atoms with Gasteiger partial charge in [0.15, 0.2) is 5.78 Å². The molecule has 0 fully saturated rings. The Bertz CT molecular complexity index is 1780. The van der Waals surface area contributed by atoms with Gasteiger partial charge in [0, 0.05) is 45.0 Å². The number of ketones is 2. The van der Waals surface area contributed by atoms with Crippen LogP contribution < -0.4 is 4.74 Å². The molecule has 0 saturated heterocycles. The Kier molecular flexibility index (Phi) is 8.93. The molecule has 0 aliphatic carbocycles. The van der Waals surface area contributed by atoms with E-state index in [4.69, 9.17) is 4.74 Å². The molecule has 0 aliphatic rings. The molecule has 0 unspecified atom stereocenters. The standard InChI is InChI=1S/C34H32N2O5S/c1-3-5-6-7-9-28(35-40)33(38)24-14-18-30-27(21-24)26-20-23(13-17-29(26)36(30)4-2)32(37)22-11-15-25(16-12-22)41-34(39)31-10-8-19-42-31/h8,10-21,40H,3-7,9H2,1-2H3/b35-28+. The van der Waals surface area contributed by atoms with Crippen LogP contribution in [0.1, 0.15) is 81.9 Å². The number of rotatable bonds is 12. The molecule has 2 heterocycles. The second-order valence-corrected chi connectivity index (χ2v) is 11.1. The van der Waals surface area contributed by atoms with Crippen molar-refractivity contribution in [3.05, 3.63) is 99.7 Å². The van der Waals surface area contributed by atoms with Gasteiger partial charge in [-0.15, -0.1) is 11.3 Å². The monoisotopic (exact) mass is 580 g/mol. The minimum absolute atomic E-state index is 0.157. The van der Waals surface area contributed by atoms with Gasteiger partial charge in [-0.05, 0) is 91.9 Å². The van der Waals surface area contributed by atoms with Crippen LogP contribution >= 0.6 is 11.3 Å². The number of carbonyl (C=O) groups excluding carboxylic acids is 3. The number of ether oxygens (including phenoxy) is 1. The third-order valence-electron chi connectivity index (χ3n) is 7.40. The zero-order valence-corrected chi connectivity index (χ0v) is 24.4.